The fourth-order valence-corrected chi connectivity index (χ4v) is 7.95. The fraction of sp³-hybridized carbons (Fsp3) is 0.500. The van der Waals surface area contributed by atoms with Crippen LogP contribution in [0.5, 0.6) is 0 Å². The molecule has 41 heavy (non-hydrogen) atoms. The number of aromatic nitrogens is 8. The molecule has 218 valence electrons. The third kappa shape index (κ3) is 4.74. The number of aliphatic hydroxyl groups is 1. The molecule has 7 rings (SSSR count). The molecule has 3 unspecified atom stereocenters. The van der Waals surface area contributed by atoms with E-state index in [1.165, 1.54) is 35.3 Å². The normalized spacial score (nSPS) is 34.1. The molecule has 10 atom stereocenters. The summed E-state index contributed by atoms with van der Waals surface area (Å²) in [5.74, 6) is -0.822. The molecule has 0 radical (unpaired) electrons. The zero-order valence-electron chi connectivity index (χ0n) is 20.6. The van der Waals surface area contributed by atoms with E-state index in [1.807, 2.05) is 0 Å². The van der Waals surface area contributed by atoms with Gasteiger partial charge in [0.25, 0.3) is 11.1 Å². The molecule has 5 N–H and O–H groups in total. The number of alkyl halides is 1. The maximum Gasteiger partial charge on any atom is 0.280 e. The third-order valence-electron chi connectivity index (χ3n) is 7.00. The summed E-state index contributed by atoms with van der Waals surface area (Å²) in [4.78, 5) is 45.7. The number of imidazole rings is 2. The second-order valence-corrected chi connectivity index (χ2v) is 12.0. The van der Waals surface area contributed by atoms with Gasteiger partial charge >= 0.3 is 0 Å². The van der Waals surface area contributed by atoms with Gasteiger partial charge in [-0.2, -0.15) is 4.98 Å². The number of halogens is 1. The summed E-state index contributed by atoms with van der Waals surface area (Å²) in [5, 5.41) is 10.4. The van der Waals surface area contributed by atoms with Gasteiger partial charge in [-0.15, -0.1) is 0 Å². The summed E-state index contributed by atoms with van der Waals surface area (Å²) in [7, 11) is -1.10. The number of fused-ring (bicyclic) bond motifs is 5. The Labute approximate surface area is 235 Å². The van der Waals surface area contributed by atoms with Crippen LogP contribution < -0.4 is 16.9 Å². The van der Waals surface area contributed by atoms with E-state index >= 15 is 4.39 Å². The van der Waals surface area contributed by atoms with Crippen molar-refractivity contribution in [3.05, 3.63) is 39.7 Å². The largest absolute Gasteiger partial charge is 0.387 e. The van der Waals surface area contributed by atoms with Crippen LogP contribution in [0, 0.1) is 5.92 Å². The summed E-state index contributed by atoms with van der Waals surface area (Å²) in [6.07, 6.45) is -1.40. The van der Waals surface area contributed by atoms with Crippen molar-refractivity contribution in [1.82, 2.24) is 39.0 Å². The lowest BCUT2D eigenvalue weighted by Gasteiger charge is -2.23. The van der Waals surface area contributed by atoms with Gasteiger partial charge in [0.1, 0.15) is 23.0 Å². The lowest BCUT2D eigenvalue weighted by atomic mass is 10.0. The second-order valence-electron chi connectivity index (χ2n) is 9.38. The number of aliphatic hydroxyl groups excluding tert-OH is 1. The van der Waals surface area contributed by atoms with Crippen LogP contribution >= 0.6 is 29.8 Å². The van der Waals surface area contributed by atoms with E-state index < -0.39 is 76.6 Å². The number of hydrogen-bond acceptors (Lipinski definition) is 14. The van der Waals surface area contributed by atoms with Gasteiger partial charge in [-0.05, 0) is 0 Å². The average molecular weight is 629 g/mol. The Morgan fingerprint density at radius 3 is 2.66 bits per heavy atom. The molecule has 0 amide bonds. The van der Waals surface area contributed by atoms with Crippen molar-refractivity contribution in [2.45, 2.75) is 41.5 Å². The molecule has 4 aromatic heterocycles. The van der Waals surface area contributed by atoms with Crippen molar-refractivity contribution in [3.63, 3.8) is 0 Å². The van der Waals surface area contributed by atoms with Crippen molar-refractivity contribution in [3.8, 4) is 0 Å². The van der Waals surface area contributed by atoms with Crippen LogP contribution in [0.4, 0.5) is 10.3 Å². The zero-order valence-corrected chi connectivity index (χ0v) is 23.4. The monoisotopic (exact) mass is 629 g/mol. The van der Waals surface area contributed by atoms with Crippen molar-refractivity contribution < 1.29 is 32.3 Å². The maximum atomic E-state index is 15.7. The number of rotatable bonds is 2. The molecular formula is C20H22FN9O8P2S. The van der Waals surface area contributed by atoms with E-state index in [9.17, 15) is 14.7 Å². The van der Waals surface area contributed by atoms with Gasteiger partial charge in [0.15, 0.2) is 52.8 Å². The van der Waals surface area contributed by atoms with Crippen molar-refractivity contribution in [2.75, 3.05) is 18.9 Å². The highest BCUT2D eigenvalue weighted by atomic mass is 32.2. The highest BCUT2D eigenvalue weighted by molar-refractivity contribution is 8.00. The number of ether oxygens (including phenoxy) is 1. The summed E-state index contributed by atoms with van der Waals surface area (Å²) in [5.41, 5.74) is 4.57. The number of nitrogens with zero attached hydrogens (tertiary/aromatic N) is 6. The summed E-state index contributed by atoms with van der Waals surface area (Å²) in [6, 6.07) is 0. The Kier molecular flexibility index (Phi) is 7.25. The van der Waals surface area contributed by atoms with Gasteiger partial charge in [0.05, 0.1) is 38.3 Å². The molecule has 21 heteroatoms. The minimum absolute atomic E-state index is 0.0421. The highest BCUT2D eigenvalue weighted by Gasteiger charge is 2.49. The summed E-state index contributed by atoms with van der Waals surface area (Å²) < 4.78 is 48.0. The van der Waals surface area contributed by atoms with E-state index in [2.05, 4.69) is 29.9 Å². The van der Waals surface area contributed by atoms with E-state index in [0.29, 0.717) is 0 Å². The quantitative estimate of drug-likeness (QED) is 0.216. The van der Waals surface area contributed by atoms with Gasteiger partial charge in [0.2, 0.25) is 5.95 Å². The Hall–Kier alpha value is -2.60. The van der Waals surface area contributed by atoms with Crippen LogP contribution in [0.1, 0.15) is 11.6 Å². The lowest BCUT2D eigenvalue weighted by molar-refractivity contribution is -0.0371. The SMILES string of the molecule is Nc1nc2c(ncn2[C@@H]2SC3OPOC[C@H]4[C@H](F)[C@H](n5cnc6c(=O)[nH]cnc65)O[C@@H]4COPO[C@@H]2[C@@H]3O)c(=O)[nH]1. The van der Waals surface area contributed by atoms with Crippen molar-refractivity contribution >= 4 is 58.1 Å². The number of H-pyrrole nitrogens is 2. The smallest absolute Gasteiger partial charge is 0.280 e. The summed E-state index contributed by atoms with van der Waals surface area (Å²) in [6.45, 7) is -0.104. The first-order chi connectivity index (χ1) is 19.9. The molecular weight excluding hydrogens is 607 g/mol. The predicted octanol–water partition coefficient (Wildman–Crippen LogP) is 0.0847. The standard InChI is InChI=1S/C20H22FN9O8P2S/c21-8-6-1-34-40-38-19-11(31)12(18(41-19)30-5-26-10-14(30)27-20(22)28-16(10)33)37-39-35-2-7(6)36-17(8)29-4-25-9-13(29)23-3-24-15(9)32/h3-8,11-12,17-19,31,39-40H,1-2H2,(H,23,24,32)(H3,22,27,28,33)/t6-,7-,8+,11+,12-,17-,18-,19?/m1/s1. The Morgan fingerprint density at radius 1 is 1.05 bits per heavy atom. The first-order valence-corrected chi connectivity index (χ1v) is 14.8. The van der Waals surface area contributed by atoms with Crippen LogP contribution in [0.25, 0.3) is 22.3 Å². The highest BCUT2D eigenvalue weighted by Crippen LogP contribution is 2.49. The molecule has 0 spiro atoms. The molecule has 4 aromatic rings. The Morgan fingerprint density at radius 2 is 1.80 bits per heavy atom. The molecule has 3 aliphatic rings. The number of nitrogens with one attached hydrogen (secondary N) is 2. The number of nitrogen functional groups attached to an aromatic ring is 1. The minimum Gasteiger partial charge on any atom is -0.387 e. The number of thioether (sulfide) groups is 1. The molecule has 0 saturated carbocycles. The molecule has 3 fully saturated rings. The zero-order chi connectivity index (χ0) is 28.2. The topological polar surface area (TPSA) is 220 Å². The van der Waals surface area contributed by atoms with Crippen LogP contribution in [0.3, 0.4) is 0 Å². The number of aromatic amines is 2. The van der Waals surface area contributed by atoms with Crippen molar-refractivity contribution in [1.29, 1.82) is 0 Å². The number of anilines is 1. The summed E-state index contributed by atoms with van der Waals surface area (Å²) >= 11 is 1.22. The second kappa shape index (κ2) is 10.9. The molecule has 3 saturated heterocycles. The number of nitrogens with two attached hydrogens (primary N) is 1. The predicted molar refractivity (Wildman–Crippen MR) is 144 cm³/mol. The van der Waals surface area contributed by atoms with Crippen LogP contribution in [-0.4, -0.2) is 87.3 Å². The van der Waals surface area contributed by atoms with Crippen LogP contribution in [0.15, 0.2) is 28.6 Å². The van der Waals surface area contributed by atoms with Gasteiger partial charge in [0, 0.05) is 5.92 Å². The van der Waals surface area contributed by atoms with Crippen LogP contribution in [0.2, 0.25) is 0 Å². The van der Waals surface area contributed by atoms with Crippen LogP contribution in [-0.2, 0) is 22.8 Å². The van der Waals surface area contributed by atoms with E-state index in [4.69, 9.17) is 28.6 Å². The minimum atomic E-state index is -1.54. The molecule has 0 aliphatic carbocycles. The third-order valence-corrected chi connectivity index (χ3v) is 9.87. The van der Waals surface area contributed by atoms with Gasteiger partial charge in [-0.3, -0.25) is 23.7 Å². The van der Waals surface area contributed by atoms with Crippen molar-refractivity contribution in [2.24, 2.45) is 5.92 Å². The molecule has 17 nitrogen and oxygen atoms in total. The Balaban J connectivity index is 1.11. The van der Waals surface area contributed by atoms with E-state index in [0.717, 1.165) is 0 Å². The lowest BCUT2D eigenvalue weighted by Crippen LogP contribution is -2.33. The molecule has 7 heterocycles. The molecule has 2 bridgehead atoms. The first kappa shape index (κ1) is 27.2. The number of hydrogen-bond donors (Lipinski definition) is 4. The van der Waals surface area contributed by atoms with Gasteiger partial charge < -0.3 is 38.7 Å². The van der Waals surface area contributed by atoms with Gasteiger partial charge in [-0.25, -0.2) is 19.3 Å². The maximum absolute atomic E-state index is 15.7. The van der Waals surface area contributed by atoms with Gasteiger partial charge in [-0.1, -0.05) is 11.8 Å². The fourth-order valence-electron chi connectivity index (χ4n) is 5.02. The van der Waals surface area contributed by atoms with E-state index in [-0.39, 0.29) is 41.5 Å². The molecule has 3 aliphatic heterocycles. The van der Waals surface area contributed by atoms with E-state index in [1.54, 1.807) is 4.57 Å². The Bertz CT molecular complexity index is 1700. The average Bonchev–Trinajstić information content (AvgIpc) is 3.70. The molecule has 0 aromatic carbocycles. The first-order valence-electron chi connectivity index (χ1n) is 12.2.